The van der Waals surface area contributed by atoms with E-state index in [-0.39, 0.29) is 24.1 Å². The zero-order chi connectivity index (χ0) is 13.0. The molecule has 0 radical (unpaired) electrons. The molecule has 4 atom stereocenters. The molecule has 4 unspecified atom stereocenters. The van der Waals surface area contributed by atoms with Crippen LogP contribution in [0.25, 0.3) is 0 Å². The van der Waals surface area contributed by atoms with Gasteiger partial charge in [-0.15, -0.1) is 0 Å². The minimum absolute atomic E-state index is 0.0426. The van der Waals surface area contributed by atoms with E-state index in [1.165, 1.54) is 6.42 Å². The van der Waals surface area contributed by atoms with Crippen molar-refractivity contribution in [1.29, 1.82) is 0 Å². The van der Waals surface area contributed by atoms with Crippen LogP contribution in [0.2, 0.25) is 0 Å². The van der Waals surface area contributed by atoms with Crippen molar-refractivity contribution in [2.75, 3.05) is 0 Å². The summed E-state index contributed by atoms with van der Waals surface area (Å²) in [6.45, 7) is 2.12. The van der Waals surface area contributed by atoms with Gasteiger partial charge in [0.2, 0.25) is 5.91 Å². The molecule has 3 N–H and O–H groups in total. The SMILES string of the molecule is CC1CCCC(C(=O)NC2CCCCCC2O)N1. The van der Waals surface area contributed by atoms with Gasteiger partial charge >= 0.3 is 0 Å². The van der Waals surface area contributed by atoms with Crippen LogP contribution >= 0.6 is 0 Å². The van der Waals surface area contributed by atoms with E-state index in [0.717, 1.165) is 44.9 Å². The summed E-state index contributed by atoms with van der Waals surface area (Å²) >= 11 is 0. The Hall–Kier alpha value is -0.610. The molecule has 0 aromatic rings. The van der Waals surface area contributed by atoms with Gasteiger partial charge in [-0.3, -0.25) is 4.79 Å². The molecule has 0 spiro atoms. The van der Waals surface area contributed by atoms with Crippen LogP contribution in [0.5, 0.6) is 0 Å². The molecular formula is C14H26N2O2. The Kier molecular flexibility index (Phi) is 5.01. The van der Waals surface area contributed by atoms with E-state index in [9.17, 15) is 9.90 Å². The molecule has 1 saturated carbocycles. The lowest BCUT2D eigenvalue weighted by atomic mass is 9.98. The highest BCUT2D eigenvalue weighted by molar-refractivity contribution is 5.82. The van der Waals surface area contributed by atoms with Gasteiger partial charge in [-0.1, -0.05) is 19.3 Å². The fraction of sp³-hybridized carbons (Fsp3) is 0.929. The maximum absolute atomic E-state index is 12.2. The van der Waals surface area contributed by atoms with Gasteiger partial charge in [0.1, 0.15) is 0 Å². The molecule has 1 amide bonds. The summed E-state index contributed by atoms with van der Waals surface area (Å²) in [5.74, 6) is 0.0764. The first-order chi connectivity index (χ1) is 8.66. The van der Waals surface area contributed by atoms with E-state index in [1.54, 1.807) is 0 Å². The lowest BCUT2D eigenvalue weighted by Gasteiger charge is -2.30. The fourth-order valence-electron chi connectivity index (χ4n) is 3.08. The summed E-state index contributed by atoms with van der Waals surface area (Å²) in [7, 11) is 0. The molecule has 1 saturated heterocycles. The third kappa shape index (κ3) is 3.69. The number of amides is 1. The third-order valence-corrected chi connectivity index (χ3v) is 4.24. The van der Waals surface area contributed by atoms with Crippen LogP contribution in [-0.4, -0.2) is 35.2 Å². The minimum atomic E-state index is -0.363. The molecule has 2 fully saturated rings. The predicted octanol–water partition coefficient (Wildman–Crippen LogP) is 1.33. The Labute approximate surface area is 110 Å². The molecule has 4 nitrogen and oxygen atoms in total. The summed E-state index contributed by atoms with van der Waals surface area (Å²) < 4.78 is 0. The van der Waals surface area contributed by atoms with E-state index >= 15 is 0 Å². The lowest BCUT2D eigenvalue weighted by molar-refractivity contribution is -0.125. The second kappa shape index (κ2) is 6.53. The van der Waals surface area contributed by atoms with Crippen molar-refractivity contribution in [3.05, 3.63) is 0 Å². The minimum Gasteiger partial charge on any atom is -0.391 e. The highest BCUT2D eigenvalue weighted by Crippen LogP contribution is 2.19. The van der Waals surface area contributed by atoms with Gasteiger partial charge in [-0.25, -0.2) is 0 Å². The van der Waals surface area contributed by atoms with Gasteiger partial charge in [0.05, 0.1) is 18.2 Å². The third-order valence-electron chi connectivity index (χ3n) is 4.24. The normalized spacial score (nSPS) is 37.9. The number of aliphatic hydroxyl groups is 1. The van der Waals surface area contributed by atoms with E-state index in [1.807, 2.05) is 0 Å². The molecule has 0 bridgehead atoms. The van der Waals surface area contributed by atoms with Crippen molar-refractivity contribution in [2.24, 2.45) is 0 Å². The Morgan fingerprint density at radius 3 is 2.67 bits per heavy atom. The molecular weight excluding hydrogens is 228 g/mol. The van der Waals surface area contributed by atoms with Gasteiger partial charge in [0, 0.05) is 6.04 Å². The summed E-state index contributed by atoms with van der Waals surface area (Å²) in [5, 5.41) is 16.4. The van der Waals surface area contributed by atoms with Crippen molar-refractivity contribution in [1.82, 2.24) is 10.6 Å². The molecule has 0 aromatic heterocycles. The van der Waals surface area contributed by atoms with Crippen LogP contribution in [-0.2, 0) is 4.79 Å². The Morgan fingerprint density at radius 2 is 1.89 bits per heavy atom. The number of piperidine rings is 1. The number of nitrogens with one attached hydrogen (secondary N) is 2. The van der Waals surface area contributed by atoms with Crippen LogP contribution in [0.1, 0.15) is 58.3 Å². The maximum atomic E-state index is 12.2. The molecule has 104 valence electrons. The topological polar surface area (TPSA) is 61.4 Å². The van der Waals surface area contributed by atoms with Crippen molar-refractivity contribution in [2.45, 2.75) is 82.5 Å². The summed E-state index contributed by atoms with van der Waals surface area (Å²) in [4.78, 5) is 12.2. The van der Waals surface area contributed by atoms with Gasteiger partial charge in [0.15, 0.2) is 0 Å². The number of carbonyl (C=O) groups is 1. The second-order valence-corrected chi connectivity index (χ2v) is 5.87. The lowest BCUT2D eigenvalue weighted by Crippen LogP contribution is -2.54. The standard InChI is InChI=1S/C14H26N2O2/c1-10-6-5-8-12(15-10)14(18)16-11-7-3-2-4-9-13(11)17/h10-13,15,17H,2-9H2,1H3,(H,16,18). The zero-order valence-corrected chi connectivity index (χ0v) is 11.3. The fourth-order valence-corrected chi connectivity index (χ4v) is 3.08. The highest BCUT2D eigenvalue weighted by Gasteiger charge is 2.28. The number of rotatable bonds is 2. The van der Waals surface area contributed by atoms with Gasteiger partial charge in [-0.2, -0.15) is 0 Å². The highest BCUT2D eigenvalue weighted by atomic mass is 16.3. The monoisotopic (exact) mass is 254 g/mol. The average Bonchev–Trinajstić information content (AvgIpc) is 2.55. The maximum Gasteiger partial charge on any atom is 0.237 e. The first-order valence-electron chi connectivity index (χ1n) is 7.41. The first kappa shape index (κ1) is 13.8. The number of carbonyl (C=O) groups excluding carboxylic acids is 1. The van der Waals surface area contributed by atoms with Gasteiger partial charge in [-0.05, 0) is 39.0 Å². The molecule has 18 heavy (non-hydrogen) atoms. The van der Waals surface area contributed by atoms with E-state index < -0.39 is 0 Å². The number of hydrogen-bond acceptors (Lipinski definition) is 3. The van der Waals surface area contributed by atoms with Gasteiger partial charge in [0.25, 0.3) is 0 Å². The predicted molar refractivity (Wildman–Crippen MR) is 71.3 cm³/mol. The van der Waals surface area contributed by atoms with Crippen molar-refractivity contribution < 1.29 is 9.90 Å². The smallest absolute Gasteiger partial charge is 0.237 e. The molecule has 2 aliphatic rings. The average molecular weight is 254 g/mol. The van der Waals surface area contributed by atoms with Crippen molar-refractivity contribution >= 4 is 5.91 Å². The summed E-state index contributed by atoms with van der Waals surface area (Å²) in [5.41, 5.74) is 0. The molecule has 1 heterocycles. The van der Waals surface area contributed by atoms with Crippen molar-refractivity contribution in [3.8, 4) is 0 Å². The van der Waals surface area contributed by atoms with Crippen LogP contribution in [0, 0.1) is 0 Å². The van der Waals surface area contributed by atoms with E-state index in [2.05, 4.69) is 17.6 Å². The molecule has 1 aliphatic carbocycles. The first-order valence-corrected chi connectivity index (χ1v) is 7.41. The molecule has 2 rings (SSSR count). The molecule has 1 aliphatic heterocycles. The molecule has 0 aromatic carbocycles. The summed E-state index contributed by atoms with van der Waals surface area (Å²) in [6, 6.07) is 0.316. The Morgan fingerprint density at radius 1 is 1.11 bits per heavy atom. The van der Waals surface area contributed by atoms with Gasteiger partial charge < -0.3 is 15.7 Å². The van der Waals surface area contributed by atoms with Crippen LogP contribution in [0.4, 0.5) is 0 Å². The number of hydrogen-bond donors (Lipinski definition) is 3. The van der Waals surface area contributed by atoms with E-state index in [4.69, 9.17) is 0 Å². The van der Waals surface area contributed by atoms with E-state index in [0.29, 0.717) is 6.04 Å². The second-order valence-electron chi connectivity index (χ2n) is 5.87. The number of aliphatic hydroxyl groups excluding tert-OH is 1. The molecule has 4 heteroatoms. The van der Waals surface area contributed by atoms with Crippen LogP contribution in [0.15, 0.2) is 0 Å². The van der Waals surface area contributed by atoms with Crippen LogP contribution < -0.4 is 10.6 Å². The van der Waals surface area contributed by atoms with Crippen LogP contribution in [0.3, 0.4) is 0 Å². The van der Waals surface area contributed by atoms with Crippen molar-refractivity contribution in [3.63, 3.8) is 0 Å². The summed E-state index contributed by atoms with van der Waals surface area (Å²) in [6.07, 6.45) is 7.89. The Bertz CT molecular complexity index is 283. The quantitative estimate of drug-likeness (QED) is 0.651. The zero-order valence-electron chi connectivity index (χ0n) is 11.3. The largest absolute Gasteiger partial charge is 0.391 e. The Balaban J connectivity index is 1.85.